The Hall–Kier alpha value is -2.28. The minimum Gasteiger partial charge on any atom is -0.348 e. The lowest BCUT2D eigenvalue weighted by atomic mass is 10.1. The molecule has 0 aliphatic heterocycles. The largest absolute Gasteiger partial charge is 0.348 e. The second-order valence-corrected chi connectivity index (χ2v) is 6.54. The fraction of sp³-hybridized carbons (Fsp3) is 0.267. The maximum atomic E-state index is 13.2. The Morgan fingerprint density at radius 1 is 1.45 bits per heavy atom. The Labute approximate surface area is 129 Å². The maximum Gasteiger partial charge on any atom is 0.283 e. The van der Waals surface area contributed by atoms with Gasteiger partial charge < -0.3 is 5.32 Å². The molecule has 114 valence electrons. The van der Waals surface area contributed by atoms with Crippen molar-refractivity contribution in [2.24, 2.45) is 0 Å². The van der Waals surface area contributed by atoms with Crippen LogP contribution < -0.4 is 5.32 Å². The molecular weight excluding hydrogens is 307 g/mol. The fourth-order valence-corrected chi connectivity index (χ4v) is 3.36. The highest BCUT2D eigenvalue weighted by Gasteiger charge is 2.40. The van der Waals surface area contributed by atoms with Gasteiger partial charge in [-0.1, -0.05) is 12.1 Å². The number of benzene rings is 1. The van der Waals surface area contributed by atoms with E-state index in [1.54, 1.807) is 13.0 Å². The van der Waals surface area contributed by atoms with Crippen molar-refractivity contribution >= 4 is 22.9 Å². The molecule has 1 aromatic carbocycles. The van der Waals surface area contributed by atoms with Gasteiger partial charge in [0.15, 0.2) is 0 Å². The van der Waals surface area contributed by atoms with Crippen LogP contribution in [0.5, 0.6) is 0 Å². The number of amides is 1. The normalized spacial score (nSPS) is 19.7. The van der Waals surface area contributed by atoms with Crippen LogP contribution in [0, 0.1) is 22.9 Å². The lowest BCUT2D eigenvalue weighted by Gasteiger charge is -2.03. The molecular formula is C15H13FN2O3S. The van der Waals surface area contributed by atoms with Gasteiger partial charge in [-0.25, -0.2) is 4.39 Å². The summed E-state index contributed by atoms with van der Waals surface area (Å²) in [5.41, 5.74) is 0.825. The van der Waals surface area contributed by atoms with E-state index < -0.39 is 4.92 Å². The molecule has 1 aliphatic carbocycles. The molecule has 1 saturated carbocycles. The van der Waals surface area contributed by atoms with E-state index >= 15 is 0 Å². The number of halogens is 1. The van der Waals surface area contributed by atoms with Crippen LogP contribution in [0.3, 0.4) is 0 Å². The number of nitrogens with zero attached hydrogens (tertiary/aromatic N) is 1. The molecule has 2 aromatic rings. The van der Waals surface area contributed by atoms with Gasteiger partial charge in [0.2, 0.25) is 0 Å². The Bertz CT molecular complexity index is 759. The number of nitrogens with one attached hydrogen (secondary N) is 1. The lowest BCUT2D eigenvalue weighted by molar-refractivity contribution is -0.385. The molecule has 0 unspecified atom stereocenters. The summed E-state index contributed by atoms with van der Waals surface area (Å²) >= 11 is 1.11. The Morgan fingerprint density at radius 2 is 2.23 bits per heavy atom. The zero-order chi connectivity index (χ0) is 15.9. The van der Waals surface area contributed by atoms with E-state index in [-0.39, 0.29) is 29.4 Å². The van der Waals surface area contributed by atoms with Crippen molar-refractivity contribution in [3.63, 3.8) is 0 Å². The summed E-state index contributed by atoms with van der Waals surface area (Å²) in [4.78, 5) is 23.3. The fourth-order valence-electron chi connectivity index (χ4n) is 2.47. The predicted octanol–water partition coefficient (Wildman–Crippen LogP) is 3.39. The molecule has 1 N–H and O–H groups in total. The molecule has 1 aliphatic rings. The topological polar surface area (TPSA) is 72.2 Å². The second-order valence-electron chi connectivity index (χ2n) is 5.29. The maximum absolute atomic E-state index is 13.2. The van der Waals surface area contributed by atoms with Crippen LogP contribution in [0.15, 0.2) is 30.3 Å². The standard InChI is InChI=1S/C15H13FN2O3S/c1-8-13(18(20)21)7-14(22-8)15(19)17-12-6-11(12)9-3-2-4-10(16)5-9/h2-5,7,11-12H,6H2,1H3,(H,17,19)/t11-,12-/m1/s1. The van der Waals surface area contributed by atoms with Crippen molar-refractivity contribution < 1.29 is 14.1 Å². The van der Waals surface area contributed by atoms with Gasteiger partial charge in [-0.3, -0.25) is 14.9 Å². The van der Waals surface area contributed by atoms with E-state index in [2.05, 4.69) is 5.32 Å². The number of hydrogen-bond donors (Lipinski definition) is 1. The average Bonchev–Trinajstić information content (AvgIpc) is 3.10. The van der Waals surface area contributed by atoms with Gasteiger partial charge in [-0.05, 0) is 31.0 Å². The third-order valence-electron chi connectivity index (χ3n) is 3.70. The summed E-state index contributed by atoms with van der Waals surface area (Å²) in [6.45, 7) is 1.62. The first kappa shape index (κ1) is 14.6. The van der Waals surface area contributed by atoms with Crippen molar-refractivity contribution in [1.29, 1.82) is 0 Å². The number of rotatable bonds is 4. The van der Waals surface area contributed by atoms with Crippen LogP contribution in [0.4, 0.5) is 10.1 Å². The Kier molecular flexibility index (Phi) is 3.66. The van der Waals surface area contributed by atoms with Crippen molar-refractivity contribution in [2.45, 2.75) is 25.3 Å². The van der Waals surface area contributed by atoms with Crippen LogP contribution in [-0.2, 0) is 0 Å². The number of aryl methyl sites for hydroxylation is 1. The summed E-state index contributed by atoms with van der Waals surface area (Å²) in [6.07, 6.45) is 0.752. The van der Waals surface area contributed by atoms with Gasteiger partial charge in [-0.15, -0.1) is 11.3 Å². The van der Waals surface area contributed by atoms with Crippen molar-refractivity contribution in [3.05, 3.63) is 61.6 Å². The van der Waals surface area contributed by atoms with Gasteiger partial charge in [-0.2, -0.15) is 0 Å². The molecule has 2 atom stereocenters. The minimum atomic E-state index is -0.491. The molecule has 5 nitrogen and oxygen atoms in total. The lowest BCUT2D eigenvalue weighted by Crippen LogP contribution is -2.25. The van der Waals surface area contributed by atoms with Gasteiger partial charge in [0, 0.05) is 18.0 Å². The molecule has 0 spiro atoms. The van der Waals surface area contributed by atoms with Gasteiger partial charge in [0.25, 0.3) is 11.6 Å². The summed E-state index contributed by atoms with van der Waals surface area (Å²) in [6, 6.07) is 7.59. The van der Waals surface area contributed by atoms with Crippen molar-refractivity contribution in [2.75, 3.05) is 0 Å². The molecule has 7 heteroatoms. The van der Waals surface area contributed by atoms with Gasteiger partial charge in [0.05, 0.1) is 14.7 Å². The smallest absolute Gasteiger partial charge is 0.283 e. The number of nitro groups is 1. The molecule has 3 rings (SSSR count). The molecule has 22 heavy (non-hydrogen) atoms. The van der Waals surface area contributed by atoms with Gasteiger partial charge >= 0.3 is 0 Å². The highest BCUT2D eigenvalue weighted by molar-refractivity contribution is 7.14. The summed E-state index contributed by atoms with van der Waals surface area (Å²) in [7, 11) is 0. The molecule has 0 radical (unpaired) electrons. The van der Waals surface area contributed by atoms with Crippen LogP contribution in [0.25, 0.3) is 0 Å². The van der Waals surface area contributed by atoms with E-state index in [4.69, 9.17) is 0 Å². The average molecular weight is 320 g/mol. The van der Waals surface area contributed by atoms with Crippen molar-refractivity contribution in [1.82, 2.24) is 5.32 Å². The molecule has 0 bridgehead atoms. The molecule has 1 fully saturated rings. The third kappa shape index (κ3) is 2.85. The Balaban J connectivity index is 1.66. The second kappa shape index (κ2) is 5.49. The predicted molar refractivity (Wildman–Crippen MR) is 80.7 cm³/mol. The van der Waals surface area contributed by atoms with E-state index in [1.165, 1.54) is 18.2 Å². The SMILES string of the molecule is Cc1sc(C(=O)N[C@@H]2C[C@@H]2c2cccc(F)c2)cc1[N+](=O)[O-]. The highest BCUT2D eigenvalue weighted by atomic mass is 32.1. The van der Waals surface area contributed by atoms with Crippen LogP contribution >= 0.6 is 11.3 Å². The molecule has 0 saturated heterocycles. The number of hydrogen-bond acceptors (Lipinski definition) is 4. The monoisotopic (exact) mass is 320 g/mol. The first-order valence-electron chi connectivity index (χ1n) is 6.77. The number of thiophene rings is 1. The van der Waals surface area contributed by atoms with Crippen molar-refractivity contribution in [3.8, 4) is 0 Å². The first-order valence-corrected chi connectivity index (χ1v) is 7.58. The van der Waals surface area contributed by atoms with E-state index in [9.17, 15) is 19.3 Å². The van der Waals surface area contributed by atoms with Crippen LogP contribution in [-0.4, -0.2) is 16.9 Å². The number of carbonyl (C=O) groups is 1. The van der Waals surface area contributed by atoms with E-state index in [0.29, 0.717) is 9.75 Å². The third-order valence-corrected chi connectivity index (χ3v) is 4.73. The van der Waals surface area contributed by atoms with Crippen LogP contribution in [0.1, 0.15) is 32.5 Å². The summed E-state index contributed by atoms with van der Waals surface area (Å²) in [5, 5.41) is 13.7. The summed E-state index contributed by atoms with van der Waals surface area (Å²) < 4.78 is 13.2. The zero-order valence-electron chi connectivity index (χ0n) is 11.7. The zero-order valence-corrected chi connectivity index (χ0v) is 12.5. The van der Waals surface area contributed by atoms with E-state index in [0.717, 1.165) is 23.3 Å². The molecule has 1 aromatic heterocycles. The Morgan fingerprint density at radius 3 is 2.86 bits per heavy atom. The van der Waals surface area contributed by atoms with Crippen LogP contribution in [0.2, 0.25) is 0 Å². The highest BCUT2D eigenvalue weighted by Crippen LogP contribution is 2.41. The first-order chi connectivity index (χ1) is 10.5. The molecule has 1 heterocycles. The minimum absolute atomic E-state index is 0.0346. The summed E-state index contributed by atoms with van der Waals surface area (Å²) in [5.74, 6) is -0.500. The quantitative estimate of drug-likeness (QED) is 0.693. The molecule has 1 amide bonds. The van der Waals surface area contributed by atoms with E-state index in [1.807, 2.05) is 6.07 Å². The number of carbonyl (C=O) groups excluding carboxylic acids is 1. The van der Waals surface area contributed by atoms with Gasteiger partial charge in [0.1, 0.15) is 5.82 Å².